The number of carbonyl (C=O) groups is 1. The molecule has 0 heterocycles. The van der Waals surface area contributed by atoms with E-state index in [0.717, 1.165) is 9.32 Å². The molecule has 0 aliphatic rings. The van der Waals surface area contributed by atoms with Crippen LogP contribution in [0.3, 0.4) is 0 Å². The van der Waals surface area contributed by atoms with E-state index in [9.17, 15) is 4.79 Å². The number of rotatable bonds is 5. The Morgan fingerprint density at radius 3 is 2.65 bits per heavy atom. The van der Waals surface area contributed by atoms with Gasteiger partial charge in [0.1, 0.15) is 12.4 Å². The summed E-state index contributed by atoms with van der Waals surface area (Å²) in [7, 11) is 0. The standard InChI is InChI=1S/C15H13ClINO2/c16-12-4-6-14(7-5-12)20-9-8-18-15(19)11-2-1-3-13(17)10-11/h1-7,10H,8-9H2,(H,18,19). The van der Waals surface area contributed by atoms with Gasteiger partial charge in [-0.2, -0.15) is 0 Å². The van der Waals surface area contributed by atoms with Crippen molar-refractivity contribution in [2.24, 2.45) is 0 Å². The molecule has 20 heavy (non-hydrogen) atoms. The first-order valence-electron chi connectivity index (χ1n) is 6.07. The van der Waals surface area contributed by atoms with Crippen LogP contribution in [-0.4, -0.2) is 19.1 Å². The van der Waals surface area contributed by atoms with Crippen LogP contribution in [-0.2, 0) is 0 Å². The molecule has 0 saturated carbocycles. The molecule has 0 saturated heterocycles. The summed E-state index contributed by atoms with van der Waals surface area (Å²) in [4.78, 5) is 11.9. The number of hydrogen-bond donors (Lipinski definition) is 1. The van der Waals surface area contributed by atoms with Crippen molar-refractivity contribution in [1.82, 2.24) is 5.32 Å². The second-order valence-corrected chi connectivity index (χ2v) is 5.75. The van der Waals surface area contributed by atoms with Gasteiger partial charge in [-0.3, -0.25) is 4.79 Å². The van der Waals surface area contributed by atoms with E-state index in [1.807, 2.05) is 18.2 Å². The summed E-state index contributed by atoms with van der Waals surface area (Å²) in [6, 6.07) is 14.6. The number of ether oxygens (including phenoxy) is 1. The van der Waals surface area contributed by atoms with Gasteiger partial charge in [0.25, 0.3) is 5.91 Å². The average Bonchev–Trinajstić information content (AvgIpc) is 2.45. The van der Waals surface area contributed by atoms with Crippen molar-refractivity contribution in [3.63, 3.8) is 0 Å². The Morgan fingerprint density at radius 2 is 1.95 bits per heavy atom. The maximum atomic E-state index is 11.9. The number of hydrogen-bond acceptors (Lipinski definition) is 2. The number of halogens is 2. The lowest BCUT2D eigenvalue weighted by molar-refractivity contribution is 0.0947. The van der Waals surface area contributed by atoms with Crippen molar-refractivity contribution in [2.45, 2.75) is 0 Å². The van der Waals surface area contributed by atoms with E-state index in [0.29, 0.717) is 23.7 Å². The molecule has 2 aromatic carbocycles. The van der Waals surface area contributed by atoms with Crippen LogP contribution < -0.4 is 10.1 Å². The summed E-state index contributed by atoms with van der Waals surface area (Å²) >= 11 is 7.96. The van der Waals surface area contributed by atoms with E-state index in [4.69, 9.17) is 16.3 Å². The Morgan fingerprint density at radius 1 is 1.20 bits per heavy atom. The SMILES string of the molecule is O=C(NCCOc1ccc(Cl)cc1)c1cccc(I)c1. The summed E-state index contributed by atoms with van der Waals surface area (Å²) in [6.07, 6.45) is 0. The summed E-state index contributed by atoms with van der Waals surface area (Å²) in [6.45, 7) is 0.865. The molecule has 0 unspecified atom stereocenters. The Balaban J connectivity index is 1.76. The van der Waals surface area contributed by atoms with Crippen molar-refractivity contribution >= 4 is 40.1 Å². The molecule has 0 aromatic heterocycles. The highest BCUT2D eigenvalue weighted by Crippen LogP contribution is 2.15. The quantitative estimate of drug-likeness (QED) is 0.612. The number of carbonyl (C=O) groups excluding carboxylic acids is 1. The van der Waals surface area contributed by atoms with Gasteiger partial charge in [0.05, 0.1) is 6.54 Å². The number of nitrogens with one attached hydrogen (secondary N) is 1. The largest absolute Gasteiger partial charge is 0.492 e. The first-order chi connectivity index (χ1) is 9.65. The third kappa shape index (κ3) is 4.68. The van der Waals surface area contributed by atoms with Gasteiger partial charge < -0.3 is 10.1 Å². The Kier molecular flexibility index (Phi) is 5.67. The maximum Gasteiger partial charge on any atom is 0.251 e. The summed E-state index contributed by atoms with van der Waals surface area (Å²) < 4.78 is 6.53. The van der Waals surface area contributed by atoms with Crippen molar-refractivity contribution in [3.05, 3.63) is 62.7 Å². The normalized spacial score (nSPS) is 10.1. The van der Waals surface area contributed by atoms with Crippen LogP contribution in [0.1, 0.15) is 10.4 Å². The van der Waals surface area contributed by atoms with Gasteiger partial charge in [-0.1, -0.05) is 17.7 Å². The molecular formula is C15H13ClINO2. The van der Waals surface area contributed by atoms with E-state index < -0.39 is 0 Å². The van der Waals surface area contributed by atoms with Gasteiger partial charge in [-0.05, 0) is 65.1 Å². The van der Waals surface area contributed by atoms with Crippen molar-refractivity contribution in [1.29, 1.82) is 0 Å². The van der Waals surface area contributed by atoms with Gasteiger partial charge in [-0.15, -0.1) is 0 Å². The summed E-state index contributed by atoms with van der Waals surface area (Å²) in [5, 5.41) is 3.49. The van der Waals surface area contributed by atoms with E-state index >= 15 is 0 Å². The minimum atomic E-state index is -0.0942. The van der Waals surface area contributed by atoms with Gasteiger partial charge in [0, 0.05) is 14.2 Å². The minimum absolute atomic E-state index is 0.0942. The lowest BCUT2D eigenvalue weighted by Gasteiger charge is -2.08. The van der Waals surface area contributed by atoms with Crippen LogP contribution in [0.15, 0.2) is 48.5 Å². The second kappa shape index (κ2) is 7.50. The Labute approximate surface area is 136 Å². The van der Waals surface area contributed by atoms with E-state index in [1.165, 1.54) is 0 Å². The number of benzene rings is 2. The molecule has 2 rings (SSSR count). The molecule has 2 aromatic rings. The zero-order valence-corrected chi connectivity index (χ0v) is 13.5. The van der Waals surface area contributed by atoms with E-state index in [2.05, 4.69) is 27.9 Å². The van der Waals surface area contributed by atoms with Gasteiger partial charge in [0.2, 0.25) is 0 Å². The predicted molar refractivity (Wildman–Crippen MR) is 88.4 cm³/mol. The average molecular weight is 402 g/mol. The third-order valence-corrected chi connectivity index (χ3v) is 3.48. The molecule has 0 aliphatic carbocycles. The van der Waals surface area contributed by atoms with Crippen LogP contribution in [0, 0.1) is 3.57 Å². The summed E-state index contributed by atoms with van der Waals surface area (Å²) in [5.74, 6) is 0.640. The highest BCUT2D eigenvalue weighted by atomic mass is 127. The maximum absolute atomic E-state index is 11.9. The molecule has 1 amide bonds. The molecule has 0 fully saturated rings. The van der Waals surface area contributed by atoms with Crippen LogP contribution >= 0.6 is 34.2 Å². The molecule has 1 N–H and O–H groups in total. The first kappa shape index (κ1) is 15.1. The molecule has 0 spiro atoms. The first-order valence-corrected chi connectivity index (χ1v) is 7.53. The molecule has 0 atom stereocenters. The molecule has 0 radical (unpaired) electrons. The summed E-state index contributed by atoms with van der Waals surface area (Å²) in [5.41, 5.74) is 0.656. The third-order valence-electron chi connectivity index (χ3n) is 2.56. The lowest BCUT2D eigenvalue weighted by atomic mass is 10.2. The monoisotopic (exact) mass is 401 g/mol. The smallest absolute Gasteiger partial charge is 0.251 e. The topological polar surface area (TPSA) is 38.3 Å². The Hall–Kier alpha value is -1.27. The zero-order chi connectivity index (χ0) is 14.4. The van der Waals surface area contributed by atoms with Crippen molar-refractivity contribution in [3.8, 4) is 5.75 Å². The van der Waals surface area contributed by atoms with Crippen LogP contribution in [0.5, 0.6) is 5.75 Å². The number of amides is 1. The molecule has 3 nitrogen and oxygen atoms in total. The fourth-order valence-electron chi connectivity index (χ4n) is 1.60. The molecule has 0 aliphatic heterocycles. The fraction of sp³-hybridized carbons (Fsp3) is 0.133. The molecule has 5 heteroatoms. The van der Waals surface area contributed by atoms with E-state index in [1.54, 1.807) is 30.3 Å². The molecule has 104 valence electrons. The zero-order valence-electron chi connectivity index (χ0n) is 10.6. The van der Waals surface area contributed by atoms with Gasteiger partial charge >= 0.3 is 0 Å². The van der Waals surface area contributed by atoms with Crippen molar-refractivity contribution in [2.75, 3.05) is 13.2 Å². The molecular weight excluding hydrogens is 389 g/mol. The van der Waals surface area contributed by atoms with Crippen LogP contribution in [0.25, 0.3) is 0 Å². The van der Waals surface area contributed by atoms with E-state index in [-0.39, 0.29) is 5.91 Å². The van der Waals surface area contributed by atoms with Crippen LogP contribution in [0.4, 0.5) is 0 Å². The van der Waals surface area contributed by atoms with Gasteiger partial charge in [-0.25, -0.2) is 0 Å². The molecule has 0 bridgehead atoms. The van der Waals surface area contributed by atoms with Gasteiger partial charge in [0.15, 0.2) is 0 Å². The van der Waals surface area contributed by atoms with Crippen LogP contribution in [0.2, 0.25) is 5.02 Å². The van der Waals surface area contributed by atoms with Crippen molar-refractivity contribution < 1.29 is 9.53 Å². The fourth-order valence-corrected chi connectivity index (χ4v) is 2.27. The second-order valence-electron chi connectivity index (χ2n) is 4.07. The lowest BCUT2D eigenvalue weighted by Crippen LogP contribution is -2.28. The minimum Gasteiger partial charge on any atom is -0.492 e. The highest BCUT2D eigenvalue weighted by molar-refractivity contribution is 14.1. The Bertz CT molecular complexity index is 587. The predicted octanol–water partition coefficient (Wildman–Crippen LogP) is 3.75. The highest BCUT2D eigenvalue weighted by Gasteiger charge is 2.04.